The number of carboxylic acid groups (broad SMARTS) is 1. The molecule has 5 atom stereocenters. The van der Waals surface area contributed by atoms with Crippen LogP contribution in [0.2, 0.25) is 0 Å². The number of amides is 3. The van der Waals surface area contributed by atoms with Crippen molar-refractivity contribution in [2.45, 2.75) is 75.6 Å². The first-order chi connectivity index (χ1) is 22.6. The second kappa shape index (κ2) is 13.0. The molecule has 2 aromatic heterocycles. The van der Waals surface area contributed by atoms with Crippen molar-refractivity contribution in [3.8, 4) is 23.1 Å². The summed E-state index contributed by atoms with van der Waals surface area (Å²) in [5, 5.41) is 19.9. The van der Waals surface area contributed by atoms with Crippen LogP contribution in [0.5, 0.6) is 11.5 Å². The Morgan fingerprint density at radius 1 is 1.19 bits per heavy atom. The van der Waals surface area contributed by atoms with E-state index in [0.29, 0.717) is 46.8 Å². The van der Waals surface area contributed by atoms with Crippen LogP contribution in [0, 0.1) is 12.8 Å². The normalized spacial score (nSPS) is 26.4. The molecule has 15 heteroatoms. The number of hydrogen-bond donors (Lipinski definition) is 3. The van der Waals surface area contributed by atoms with Crippen molar-refractivity contribution in [2.24, 2.45) is 5.92 Å². The summed E-state index contributed by atoms with van der Waals surface area (Å²) in [6.07, 6.45) is 6.73. The third-order valence-electron chi connectivity index (χ3n) is 8.96. The summed E-state index contributed by atoms with van der Waals surface area (Å²) in [6, 6.07) is 4.90. The van der Waals surface area contributed by atoms with Gasteiger partial charge in [-0.05, 0) is 44.7 Å². The first-order valence-electron chi connectivity index (χ1n) is 15.6. The first kappa shape index (κ1) is 32.0. The third-order valence-corrected chi connectivity index (χ3v) is 8.96. The van der Waals surface area contributed by atoms with Crippen molar-refractivity contribution < 1.29 is 38.3 Å². The highest BCUT2D eigenvalue weighted by Gasteiger charge is 2.61. The van der Waals surface area contributed by atoms with Crippen molar-refractivity contribution in [3.63, 3.8) is 0 Å². The maximum Gasteiger partial charge on any atom is 0.330 e. The number of hydrogen-bond acceptors (Lipinski definition) is 10. The zero-order chi connectivity index (χ0) is 33.3. The van der Waals surface area contributed by atoms with Crippen LogP contribution < -0.4 is 20.1 Å². The summed E-state index contributed by atoms with van der Waals surface area (Å²) < 4.78 is 17.3. The van der Waals surface area contributed by atoms with Crippen LogP contribution in [0.25, 0.3) is 22.5 Å². The van der Waals surface area contributed by atoms with E-state index < -0.39 is 47.3 Å². The molecule has 3 aromatic rings. The zero-order valence-corrected chi connectivity index (χ0v) is 26.1. The predicted molar refractivity (Wildman–Crippen MR) is 168 cm³/mol. The smallest absolute Gasteiger partial charge is 0.330 e. The summed E-state index contributed by atoms with van der Waals surface area (Å²) in [5.74, 6) is -1.89. The Balaban J connectivity index is 1.34. The minimum absolute atomic E-state index is 0.00770. The molecule has 6 rings (SSSR count). The summed E-state index contributed by atoms with van der Waals surface area (Å²) in [7, 11) is 6.98. The minimum Gasteiger partial charge on any atom is -0.497 e. The number of nitrogens with one attached hydrogen (secondary N) is 2. The summed E-state index contributed by atoms with van der Waals surface area (Å²) in [4.78, 5) is 62.5. The van der Waals surface area contributed by atoms with Crippen LogP contribution in [0.1, 0.15) is 50.8 Å². The lowest BCUT2D eigenvalue weighted by atomic mass is 10.0. The number of nitrogens with zero attached hydrogens (tertiary/aromatic N) is 4. The molecule has 1 aliphatic carbocycles. The highest BCUT2D eigenvalue weighted by Crippen LogP contribution is 2.45. The Kier molecular flexibility index (Phi) is 8.89. The van der Waals surface area contributed by atoms with Gasteiger partial charge in [-0.15, -0.1) is 0 Å². The fraction of sp³-hybridized carbons (Fsp3) is 0.469. The van der Waals surface area contributed by atoms with Crippen molar-refractivity contribution in [2.75, 3.05) is 13.7 Å². The van der Waals surface area contributed by atoms with E-state index in [1.807, 2.05) is 12.2 Å². The van der Waals surface area contributed by atoms with E-state index in [2.05, 4.69) is 25.8 Å². The molecular formula is C32H35BN6O8. The number of carbonyl (C=O) groups excluding carboxylic acids is 3. The second-order valence-electron chi connectivity index (χ2n) is 12.2. The summed E-state index contributed by atoms with van der Waals surface area (Å²) in [6.45, 7) is 1.68. The van der Waals surface area contributed by atoms with E-state index in [0.717, 1.165) is 19.3 Å². The number of aliphatic carboxylic acids is 1. The fourth-order valence-corrected chi connectivity index (χ4v) is 6.41. The molecule has 2 aliphatic heterocycles. The van der Waals surface area contributed by atoms with E-state index in [9.17, 15) is 24.3 Å². The van der Waals surface area contributed by atoms with Gasteiger partial charge in [-0.3, -0.25) is 14.4 Å². The lowest BCUT2D eigenvalue weighted by Crippen LogP contribution is -2.56. The first-order valence-corrected chi connectivity index (χ1v) is 15.6. The predicted octanol–water partition coefficient (Wildman–Crippen LogP) is 2.68. The number of aryl methyl sites for hydroxylation is 1. The lowest BCUT2D eigenvalue weighted by molar-refractivity contribution is -0.145. The highest BCUT2D eigenvalue weighted by molar-refractivity contribution is 6.57. The molecule has 0 spiro atoms. The zero-order valence-electron chi connectivity index (χ0n) is 26.1. The van der Waals surface area contributed by atoms with Crippen LogP contribution >= 0.6 is 0 Å². The van der Waals surface area contributed by atoms with Gasteiger partial charge in [0.1, 0.15) is 40.9 Å². The molecule has 14 nitrogen and oxygen atoms in total. The van der Waals surface area contributed by atoms with Crippen molar-refractivity contribution in [1.29, 1.82) is 0 Å². The molecule has 1 unspecified atom stereocenters. The van der Waals surface area contributed by atoms with Crippen LogP contribution in [0.4, 0.5) is 4.79 Å². The fourth-order valence-electron chi connectivity index (χ4n) is 6.41. The maximum absolute atomic E-state index is 14.0. The van der Waals surface area contributed by atoms with E-state index in [4.69, 9.17) is 21.8 Å². The number of benzene rings is 1. The molecule has 47 heavy (non-hydrogen) atoms. The largest absolute Gasteiger partial charge is 0.497 e. The Bertz CT molecular complexity index is 1750. The third kappa shape index (κ3) is 6.65. The number of aromatic nitrogens is 3. The number of fused-ring (bicyclic) bond motifs is 3. The number of rotatable bonds is 6. The number of pyridine rings is 1. The van der Waals surface area contributed by atoms with Crippen LogP contribution in [-0.4, -0.2) is 93.9 Å². The van der Waals surface area contributed by atoms with Gasteiger partial charge < -0.3 is 34.6 Å². The molecule has 244 valence electrons. The highest BCUT2D eigenvalue weighted by atomic mass is 16.5. The SMILES string of the molecule is [B]C(=O)N[C@H]1CCCCCC=CC2C[C@@]2(C(=O)O)NC(=O)[C@@H]2C[C@@H](Oc3cc(-c4nc(C)no4)nc4cc(OC)ccc34)CN2C1=O. The van der Waals surface area contributed by atoms with E-state index >= 15 is 0 Å². The molecule has 1 saturated carbocycles. The monoisotopic (exact) mass is 642 g/mol. The number of carboxylic acids is 1. The van der Waals surface area contributed by atoms with Gasteiger partial charge in [0.15, 0.2) is 11.6 Å². The van der Waals surface area contributed by atoms with Crippen molar-refractivity contribution >= 4 is 42.3 Å². The Morgan fingerprint density at radius 2 is 2.02 bits per heavy atom. The summed E-state index contributed by atoms with van der Waals surface area (Å²) in [5.41, 5.74) is -0.578. The van der Waals surface area contributed by atoms with Crippen LogP contribution in [0.3, 0.4) is 0 Å². The van der Waals surface area contributed by atoms with Gasteiger partial charge in [-0.2, -0.15) is 4.98 Å². The standard InChI is InChI=1S/C32H35BN6O8/c1-17-34-28(47-38-17)24-14-26(21-11-10-19(45-2)12-23(21)35-24)46-20-13-25-27(40)37-32(30(42)43)15-18(32)8-6-4-3-5-7-9-22(36-31(33)44)29(41)39(25)16-20/h6,8,10-12,14,18,20,22,25H,3-5,7,9,13,15-16H2,1-2H3,(H,36,44)(H,37,40)(H,42,43)/t18?,20-,22+,25+,32-/m1/s1. The van der Waals surface area contributed by atoms with Gasteiger partial charge in [0.05, 0.1) is 19.2 Å². The van der Waals surface area contributed by atoms with Gasteiger partial charge in [0, 0.05) is 29.9 Å². The number of ether oxygens (including phenoxy) is 2. The number of methoxy groups -OCH3 is 1. The average Bonchev–Trinajstić information content (AvgIpc) is 3.32. The molecule has 4 heterocycles. The molecule has 1 aromatic carbocycles. The molecule has 3 amide bonds. The quantitative estimate of drug-likeness (QED) is 0.265. The molecule has 1 saturated heterocycles. The second-order valence-corrected chi connectivity index (χ2v) is 12.2. The van der Waals surface area contributed by atoms with E-state index in [-0.39, 0.29) is 31.2 Å². The summed E-state index contributed by atoms with van der Waals surface area (Å²) >= 11 is 0. The average molecular weight is 642 g/mol. The van der Waals surface area contributed by atoms with E-state index in [1.165, 1.54) is 4.90 Å². The lowest BCUT2D eigenvalue weighted by Gasteiger charge is -2.29. The van der Waals surface area contributed by atoms with Crippen LogP contribution in [0.15, 0.2) is 40.9 Å². The van der Waals surface area contributed by atoms with Gasteiger partial charge in [-0.1, -0.05) is 30.2 Å². The Labute approximate surface area is 271 Å². The van der Waals surface area contributed by atoms with Crippen molar-refractivity contribution in [1.82, 2.24) is 30.7 Å². The Hall–Kier alpha value is -4.95. The van der Waals surface area contributed by atoms with Gasteiger partial charge in [-0.25, -0.2) is 9.78 Å². The maximum atomic E-state index is 14.0. The Morgan fingerprint density at radius 3 is 2.74 bits per heavy atom. The molecule has 2 fully saturated rings. The molecule has 2 radical (unpaired) electrons. The molecule has 3 aliphatic rings. The van der Waals surface area contributed by atoms with Gasteiger partial charge >= 0.3 is 5.97 Å². The molecule has 3 N–H and O–H groups in total. The van der Waals surface area contributed by atoms with Crippen molar-refractivity contribution in [3.05, 3.63) is 42.2 Å². The van der Waals surface area contributed by atoms with Gasteiger partial charge in [0.2, 0.25) is 19.7 Å². The minimum atomic E-state index is -1.45. The van der Waals surface area contributed by atoms with Crippen LogP contribution in [-0.2, 0) is 14.4 Å². The molecule has 0 bridgehead atoms. The van der Waals surface area contributed by atoms with Gasteiger partial charge in [0.25, 0.3) is 5.89 Å². The molecular weight excluding hydrogens is 607 g/mol. The topological polar surface area (TPSA) is 186 Å². The number of carbonyl (C=O) groups is 4. The van der Waals surface area contributed by atoms with E-state index in [1.54, 1.807) is 38.3 Å². The number of allylic oxidation sites excluding steroid dienone is 1.